The van der Waals surface area contributed by atoms with Gasteiger partial charge >= 0.3 is 0 Å². The van der Waals surface area contributed by atoms with Gasteiger partial charge < -0.3 is 0 Å². The average Bonchev–Trinajstić information content (AvgIpc) is 3.05. The molecule has 4 aromatic rings. The summed E-state index contributed by atoms with van der Waals surface area (Å²) < 4.78 is 1.47. The zero-order valence-electron chi connectivity index (χ0n) is 16.3. The Labute approximate surface area is 180 Å². The second kappa shape index (κ2) is 8.30. The van der Waals surface area contributed by atoms with E-state index in [0.717, 1.165) is 16.5 Å². The van der Waals surface area contributed by atoms with Gasteiger partial charge in [-0.05, 0) is 42.3 Å². The smallest absolute Gasteiger partial charge is 0.286 e. The van der Waals surface area contributed by atoms with Crippen molar-refractivity contribution in [3.63, 3.8) is 0 Å². The molecule has 1 heterocycles. The van der Waals surface area contributed by atoms with Crippen LogP contribution in [0.25, 0.3) is 16.5 Å². The SMILES string of the molecule is Cc1[nH]n(-c2cccc3ccccc23)c(=O)c1C=Nc1ccc(SC#N)c([N+](=O)[O-])c1. The Kier molecular flexibility index (Phi) is 5.39. The first-order chi connectivity index (χ1) is 15.0. The molecule has 0 radical (unpaired) electrons. The summed E-state index contributed by atoms with van der Waals surface area (Å²) in [5.74, 6) is 0. The second-order valence-electron chi connectivity index (χ2n) is 6.65. The fraction of sp³-hybridized carbons (Fsp3) is 0.0455. The highest BCUT2D eigenvalue weighted by Crippen LogP contribution is 2.32. The number of thioether (sulfide) groups is 1. The Hall–Kier alpha value is -4.16. The van der Waals surface area contributed by atoms with E-state index in [1.165, 1.54) is 23.0 Å². The maximum Gasteiger partial charge on any atom is 0.286 e. The highest BCUT2D eigenvalue weighted by atomic mass is 32.2. The number of fused-ring (bicyclic) bond motifs is 1. The highest BCUT2D eigenvalue weighted by molar-refractivity contribution is 8.03. The molecule has 0 unspecified atom stereocenters. The van der Waals surface area contributed by atoms with Gasteiger partial charge in [0.15, 0.2) is 0 Å². The van der Waals surface area contributed by atoms with Crippen LogP contribution in [0, 0.1) is 27.7 Å². The molecule has 0 amide bonds. The molecule has 9 heteroatoms. The number of benzene rings is 3. The summed E-state index contributed by atoms with van der Waals surface area (Å²) in [6, 6.07) is 17.8. The lowest BCUT2D eigenvalue weighted by molar-refractivity contribution is -0.387. The Morgan fingerprint density at radius 1 is 1.19 bits per heavy atom. The number of nitro groups is 1. The van der Waals surface area contributed by atoms with Gasteiger partial charge in [0, 0.05) is 23.4 Å². The summed E-state index contributed by atoms with van der Waals surface area (Å²) in [5.41, 5.74) is 1.52. The van der Waals surface area contributed by atoms with Gasteiger partial charge in [-0.15, -0.1) is 0 Å². The number of rotatable bonds is 5. The Balaban J connectivity index is 1.75. The van der Waals surface area contributed by atoms with E-state index in [1.807, 2.05) is 47.9 Å². The van der Waals surface area contributed by atoms with Gasteiger partial charge in [-0.2, -0.15) is 5.26 Å². The Bertz CT molecular complexity index is 1440. The minimum atomic E-state index is -0.562. The maximum atomic E-state index is 13.1. The number of thiocyanates is 1. The molecule has 31 heavy (non-hydrogen) atoms. The maximum absolute atomic E-state index is 13.1. The summed E-state index contributed by atoms with van der Waals surface area (Å²) in [7, 11) is 0. The average molecular weight is 429 g/mol. The zero-order valence-corrected chi connectivity index (χ0v) is 17.1. The lowest BCUT2D eigenvalue weighted by Gasteiger charge is -2.06. The standard InChI is InChI=1S/C22H15N5O3S/c1-14-18(12-24-16-9-10-21(31-13-23)20(11-16)27(29)30)22(28)26(25-14)19-8-4-6-15-5-2-3-7-17(15)19/h2-12,25H,1H3. The summed E-state index contributed by atoms with van der Waals surface area (Å²) in [6.07, 6.45) is 1.39. The third kappa shape index (κ3) is 3.84. The van der Waals surface area contributed by atoms with E-state index in [9.17, 15) is 14.9 Å². The molecule has 0 aliphatic carbocycles. The number of aliphatic imine (C=N–C) groups is 1. The van der Waals surface area contributed by atoms with E-state index in [4.69, 9.17) is 5.26 Å². The second-order valence-corrected chi connectivity index (χ2v) is 7.48. The van der Waals surface area contributed by atoms with Crippen LogP contribution in [-0.2, 0) is 0 Å². The predicted octanol–water partition coefficient (Wildman–Crippen LogP) is 4.86. The van der Waals surface area contributed by atoms with Crippen LogP contribution in [0.3, 0.4) is 0 Å². The fourth-order valence-electron chi connectivity index (χ4n) is 3.29. The van der Waals surface area contributed by atoms with E-state index in [1.54, 1.807) is 13.0 Å². The van der Waals surface area contributed by atoms with Crippen molar-refractivity contribution < 1.29 is 4.92 Å². The molecular weight excluding hydrogens is 414 g/mol. The Morgan fingerprint density at radius 3 is 2.74 bits per heavy atom. The number of nitrogens with one attached hydrogen (secondary N) is 1. The minimum Gasteiger partial charge on any atom is -0.295 e. The highest BCUT2D eigenvalue weighted by Gasteiger charge is 2.16. The molecule has 152 valence electrons. The number of aromatic amines is 1. The van der Waals surface area contributed by atoms with E-state index in [-0.39, 0.29) is 16.1 Å². The number of hydrogen-bond acceptors (Lipinski definition) is 6. The van der Waals surface area contributed by atoms with Crippen LogP contribution in [0.2, 0.25) is 0 Å². The van der Waals surface area contributed by atoms with Gasteiger partial charge in [-0.1, -0.05) is 36.4 Å². The molecule has 0 aliphatic heterocycles. The third-order valence-electron chi connectivity index (χ3n) is 4.76. The van der Waals surface area contributed by atoms with E-state index >= 15 is 0 Å². The number of aryl methyl sites for hydroxylation is 1. The van der Waals surface area contributed by atoms with Crippen LogP contribution in [-0.4, -0.2) is 20.9 Å². The quantitative estimate of drug-likeness (QED) is 0.160. The Morgan fingerprint density at radius 2 is 1.97 bits per heavy atom. The number of nitrogens with zero attached hydrogens (tertiary/aromatic N) is 4. The van der Waals surface area contributed by atoms with Crippen molar-refractivity contribution in [2.75, 3.05) is 0 Å². The molecule has 0 spiro atoms. The number of nitriles is 1. The minimum absolute atomic E-state index is 0.208. The van der Waals surface area contributed by atoms with Crippen molar-refractivity contribution in [3.8, 4) is 11.1 Å². The molecular formula is C22H15N5O3S. The first-order valence-electron chi connectivity index (χ1n) is 9.18. The van der Waals surface area contributed by atoms with Gasteiger partial charge in [0.2, 0.25) is 0 Å². The molecule has 0 aliphatic rings. The van der Waals surface area contributed by atoms with Gasteiger partial charge in [0.25, 0.3) is 11.2 Å². The summed E-state index contributed by atoms with van der Waals surface area (Å²) in [6.45, 7) is 1.76. The number of H-pyrrole nitrogens is 1. The molecule has 3 aromatic carbocycles. The van der Waals surface area contributed by atoms with Crippen molar-refractivity contribution in [1.29, 1.82) is 5.26 Å². The topological polar surface area (TPSA) is 117 Å². The van der Waals surface area contributed by atoms with Crippen LogP contribution in [0.1, 0.15) is 11.3 Å². The van der Waals surface area contributed by atoms with Crippen molar-refractivity contribution in [1.82, 2.24) is 9.78 Å². The normalized spacial score (nSPS) is 11.1. The number of hydrogen-bond donors (Lipinski definition) is 1. The first kappa shape index (κ1) is 20.1. The monoisotopic (exact) mass is 429 g/mol. The zero-order chi connectivity index (χ0) is 22.0. The van der Waals surface area contributed by atoms with E-state index in [0.29, 0.717) is 28.7 Å². The third-order valence-corrected chi connectivity index (χ3v) is 5.42. The molecule has 4 rings (SSSR count). The molecule has 0 fully saturated rings. The molecule has 0 saturated heterocycles. The molecule has 0 atom stereocenters. The van der Waals surface area contributed by atoms with Crippen LogP contribution in [0.4, 0.5) is 11.4 Å². The first-order valence-corrected chi connectivity index (χ1v) is 9.99. The van der Waals surface area contributed by atoms with Crippen molar-refractivity contribution in [3.05, 3.63) is 92.4 Å². The number of aromatic nitrogens is 2. The summed E-state index contributed by atoms with van der Waals surface area (Å²) in [4.78, 5) is 28.3. The van der Waals surface area contributed by atoms with Crippen molar-refractivity contribution >= 4 is 40.1 Å². The molecule has 1 aromatic heterocycles. The molecule has 0 bridgehead atoms. The summed E-state index contributed by atoms with van der Waals surface area (Å²) >= 11 is 0.714. The summed E-state index contributed by atoms with van der Waals surface area (Å²) in [5, 5.41) is 26.9. The number of nitro benzene ring substituents is 1. The van der Waals surface area contributed by atoms with Crippen LogP contribution in [0.15, 0.2) is 75.3 Å². The molecule has 1 N–H and O–H groups in total. The van der Waals surface area contributed by atoms with E-state index < -0.39 is 4.92 Å². The largest absolute Gasteiger partial charge is 0.295 e. The lowest BCUT2D eigenvalue weighted by atomic mass is 10.1. The molecule has 0 saturated carbocycles. The van der Waals surface area contributed by atoms with Crippen molar-refractivity contribution in [2.45, 2.75) is 11.8 Å². The van der Waals surface area contributed by atoms with Crippen molar-refractivity contribution in [2.24, 2.45) is 4.99 Å². The molecule has 8 nitrogen and oxygen atoms in total. The van der Waals surface area contributed by atoms with Gasteiger partial charge in [-0.3, -0.25) is 25.0 Å². The predicted molar refractivity (Wildman–Crippen MR) is 120 cm³/mol. The van der Waals surface area contributed by atoms with Gasteiger partial charge in [0.05, 0.1) is 21.9 Å². The van der Waals surface area contributed by atoms with Gasteiger partial charge in [0.1, 0.15) is 10.3 Å². The van der Waals surface area contributed by atoms with Crippen LogP contribution >= 0.6 is 11.8 Å². The van der Waals surface area contributed by atoms with Crippen LogP contribution in [0.5, 0.6) is 0 Å². The lowest BCUT2D eigenvalue weighted by Crippen LogP contribution is -2.17. The fourth-order valence-corrected chi connectivity index (χ4v) is 3.76. The van der Waals surface area contributed by atoms with Gasteiger partial charge in [-0.25, -0.2) is 4.68 Å². The van der Waals surface area contributed by atoms with E-state index in [2.05, 4.69) is 10.1 Å². The van der Waals surface area contributed by atoms with Crippen LogP contribution < -0.4 is 5.56 Å².